The minimum absolute atomic E-state index is 0.569. The first-order valence-electron chi connectivity index (χ1n) is 8.43. The van der Waals surface area contributed by atoms with E-state index in [0.717, 1.165) is 34.0 Å². The van der Waals surface area contributed by atoms with E-state index in [1.807, 2.05) is 36.4 Å². The zero-order valence-electron chi connectivity index (χ0n) is 14.7. The Morgan fingerprint density at radius 3 is 2.58 bits per heavy atom. The fraction of sp³-hybridized carbons (Fsp3) is 0.278. The molecule has 0 saturated carbocycles. The fourth-order valence-corrected chi connectivity index (χ4v) is 2.86. The first-order valence-corrected chi connectivity index (χ1v) is 9.06. The summed E-state index contributed by atoms with van der Waals surface area (Å²) in [5.74, 6) is 2.42. The fourth-order valence-electron chi connectivity index (χ4n) is 2.34. The van der Waals surface area contributed by atoms with E-state index in [0.29, 0.717) is 5.82 Å². The number of thiol groups is 1. The quantitative estimate of drug-likeness (QED) is 0.539. The standard InChI is InChI=1S/C13H9N7.C5H12S/c1-2-10-8-15-20(13(10)14-7-1)11-5-3-9(4-6-11)12-16-18-19-17-12;1-5(2)3-4-6/h1-8H,(H,16,17,18,19);5-6H,3-4H2,1-2H3. The lowest BCUT2D eigenvalue weighted by Gasteiger charge is -2.03. The van der Waals surface area contributed by atoms with Gasteiger partial charge < -0.3 is 0 Å². The highest BCUT2D eigenvalue weighted by Crippen LogP contribution is 2.19. The van der Waals surface area contributed by atoms with Crippen LogP contribution >= 0.6 is 12.6 Å². The van der Waals surface area contributed by atoms with Crippen LogP contribution in [0, 0.1) is 5.92 Å². The van der Waals surface area contributed by atoms with Crippen molar-refractivity contribution >= 4 is 23.7 Å². The van der Waals surface area contributed by atoms with Gasteiger partial charge in [-0.25, -0.2) is 9.67 Å². The molecule has 0 radical (unpaired) electrons. The van der Waals surface area contributed by atoms with Crippen molar-refractivity contribution in [2.45, 2.75) is 20.3 Å². The molecule has 134 valence electrons. The Bertz CT molecular complexity index is 930. The second-order valence-corrected chi connectivity index (χ2v) is 6.61. The van der Waals surface area contributed by atoms with Crippen molar-refractivity contribution < 1.29 is 0 Å². The monoisotopic (exact) mass is 367 g/mol. The molecule has 0 amide bonds. The average molecular weight is 367 g/mol. The summed E-state index contributed by atoms with van der Waals surface area (Å²) in [6, 6.07) is 11.6. The number of hydrogen-bond acceptors (Lipinski definition) is 6. The summed E-state index contributed by atoms with van der Waals surface area (Å²) in [5, 5.41) is 19.2. The number of tetrazole rings is 1. The molecule has 0 fully saturated rings. The van der Waals surface area contributed by atoms with E-state index in [1.165, 1.54) is 6.42 Å². The van der Waals surface area contributed by atoms with Crippen molar-refractivity contribution in [1.82, 2.24) is 35.4 Å². The minimum Gasteiger partial charge on any atom is -0.237 e. The van der Waals surface area contributed by atoms with E-state index in [1.54, 1.807) is 17.1 Å². The van der Waals surface area contributed by atoms with E-state index in [-0.39, 0.29) is 0 Å². The van der Waals surface area contributed by atoms with Gasteiger partial charge in [0.25, 0.3) is 0 Å². The van der Waals surface area contributed by atoms with E-state index < -0.39 is 0 Å². The number of H-pyrrole nitrogens is 1. The van der Waals surface area contributed by atoms with Gasteiger partial charge in [0.1, 0.15) is 0 Å². The molecule has 4 aromatic rings. The molecular formula is C18H21N7S. The van der Waals surface area contributed by atoms with E-state index in [9.17, 15) is 0 Å². The molecule has 0 saturated heterocycles. The molecule has 0 bridgehead atoms. The molecule has 0 unspecified atom stereocenters. The van der Waals surface area contributed by atoms with Crippen LogP contribution < -0.4 is 0 Å². The molecular weight excluding hydrogens is 346 g/mol. The number of nitrogens with zero attached hydrogens (tertiary/aromatic N) is 6. The Balaban J connectivity index is 0.000000286. The summed E-state index contributed by atoms with van der Waals surface area (Å²) < 4.78 is 1.80. The molecule has 1 aromatic carbocycles. The molecule has 0 aliphatic rings. The number of aromatic amines is 1. The third-order valence-electron chi connectivity index (χ3n) is 3.75. The van der Waals surface area contributed by atoms with Crippen molar-refractivity contribution in [3.8, 4) is 17.1 Å². The van der Waals surface area contributed by atoms with E-state index >= 15 is 0 Å². The van der Waals surface area contributed by atoms with Gasteiger partial charge >= 0.3 is 0 Å². The molecule has 0 atom stereocenters. The Morgan fingerprint density at radius 2 is 1.96 bits per heavy atom. The van der Waals surface area contributed by atoms with Gasteiger partial charge in [-0.3, -0.25) is 0 Å². The van der Waals surface area contributed by atoms with Crippen LogP contribution in [0.1, 0.15) is 20.3 Å². The van der Waals surface area contributed by atoms with Crippen LogP contribution in [0.15, 0.2) is 48.8 Å². The normalized spacial score (nSPS) is 10.8. The second kappa shape index (κ2) is 8.57. The highest BCUT2D eigenvalue weighted by Gasteiger charge is 2.07. The molecule has 3 heterocycles. The predicted octanol–water partition coefficient (Wildman–Crippen LogP) is 3.56. The number of nitrogens with one attached hydrogen (secondary N) is 1. The van der Waals surface area contributed by atoms with Gasteiger partial charge in [-0.15, -0.1) is 10.2 Å². The Labute approximate surface area is 157 Å². The lowest BCUT2D eigenvalue weighted by Crippen LogP contribution is -1.97. The summed E-state index contributed by atoms with van der Waals surface area (Å²) >= 11 is 4.06. The summed E-state index contributed by atoms with van der Waals surface area (Å²) in [5.41, 5.74) is 2.66. The summed E-state index contributed by atoms with van der Waals surface area (Å²) in [7, 11) is 0. The van der Waals surface area contributed by atoms with Gasteiger partial charge in [0.2, 0.25) is 5.82 Å². The lowest BCUT2D eigenvalue weighted by atomic mass is 10.2. The third kappa shape index (κ3) is 4.26. The number of aromatic nitrogens is 7. The van der Waals surface area contributed by atoms with Crippen molar-refractivity contribution in [3.63, 3.8) is 0 Å². The summed E-state index contributed by atoms with van der Waals surface area (Å²) in [6.07, 6.45) is 4.80. The first-order chi connectivity index (χ1) is 12.7. The molecule has 8 heteroatoms. The second-order valence-electron chi connectivity index (χ2n) is 6.16. The molecule has 26 heavy (non-hydrogen) atoms. The van der Waals surface area contributed by atoms with Crippen LogP contribution in [0.4, 0.5) is 0 Å². The number of hydrogen-bond donors (Lipinski definition) is 2. The Morgan fingerprint density at radius 1 is 1.15 bits per heavy atom. The molecule has 0 aliphatic carbocycles. The van der Waals surface area contributed by atoms with Crippen LogP contribution in [0.5, 0.6) is 0 Å². The van der Waals surface area contributed by atoms with Gasteiger partial charge in [0.15, 0.2) is 5.65 Å². The first kappa shape index (κ1) is 18.1. The lowest BCUT2D eigenvalue weighted by molar-refractivity contribution is 0.633. The molecule has 7 nitrogen and oxygen atoms in total. The van der Waals surface area contributed by atoms with Crippen molar-refractivity contribution in [2.75, 3.05) is 5.75 Å². The van der Waals surface area contributed by atoms with Gasteiger partial charge in [-0.1, -0.05) is 13.8 Å². The van der Waals surface area contributed by atoms with Crippen LogP contribution in [0.25, 0.3) is 28.1 Å². The zero-order valence-corrected chi connectivity index (χ0v) is 15.6. The van der Waals surface area contributed by atoms with Crippen molar-refractivity contribution in [3.05, 3.63) is 48.8 Å². The Kier molecular flexibility index (Phi) is 5.96. The maximum absolute atomic E-state index is 4.36. The van der Waals surface area contributed by atoms with Gasteiger partial charge in [0.05, 0.1) is 11.9 Å². The number of fused-ring (bicyclic) bond motifs is 1. The smallest absolute Gasteiger partial charge is 0.204 e. The zero-order chi connectivity index (χ0) is 18.4. The van der Waals surface area contributed by atoms with Crippen molar-refractivity contribution in [1.29, 1.82) is 0 Å². The molecule has 0 aliphatic heterocycles. The largest absolute Gasteiger partial charge is 0.237 e. The van der Waals surface area contributed by atoms with Gasteiger partial charge in [-0.2, -0.15) is 22.9 Å². The predicted molar refractivity (Wildman–Crippen MR) is 105 cm³/mol. The topological polar surface area (TPSA) is 85.2 Å². The molecule has 4 rings (SSSR count). The number of benzene rings is 1. The highest BCUT2D eigenvalue weighted by atomic mass is 32.1. The molecule has 3 aromatic heterocycles. The summed E-state index contributed by atoms with van der Waals surface area (Å²) in [6.45, 7) is 4.41. The van der Waals surface area contributed by atoms with E-state index in [2.05, 4.69) is 57.2 Å². The number of rotatable bonds is 4. The number of pyridine rings is 1. The molecule has 0 spiro atoms. The highest BCUT2D eigenvalue weighted by molar-refractivity contribution is 7.80. The third-order valence-corrected chi connectivity index (χ3v) is 4.01. The Hall–Kier alpha value is -2.74. The average Bonchev–Trinajstić information content (AvgIpc) is 3.32. The maximum Gasteiger partial charge on any atom is 0.204 e. The van der Waals surface area contributed by atoms with Crippen LogP contribution in [0.2, 0.25) is 0 Å². The summed E-state index contributed by atoms with van der Waals surface area (Å²) in [4.78, 5) is 4.35. The van der Waals surface area contributed by atoms with Gasteiger partial charge in [-0.05, 0) is 59.7 Å². The van der Waals surface area contributed by atoms with Crippen molar-refractivity contribution in [2.24, 2.45) is 5.92 Å². The van der Waals surface area contributed by atoms with Crippen LogP contribution in [0.3, 0.4) is 0 Å². The maximum atomic E-state index is 4.36. The van der Waals surface area contributed by atoms with E-state index in [4.69, 9.17) is 0 Å². The van der Waals surface area contributed by atoms with Gasteiger partial charge in [0, 0.05) is 17.1 Å². The minimum atomic E-state index is 0.569. The molecule has 1 N–H and O–H groups in total. The van der Waals surface area contributed by atoms with Crippen LogP contribution in [-0.2, 0) is 0 Å². The SMILES string of the molecule is CC(C)CCS.c1cnc2c(c1)cnn2-c1ccc(-c2nn[nH]n2)cc1. The van der Waals surface area contributed by atoms with Crippen LogP contribution in [-0.4, -0.2) is 41.1 Å².